The van der Waals surface area contributed by atoms with Gasteiger partial charge in [0.05, 0.1) is 0 Å². The van der Waals surface area contributed by atoms with Crippen molar-refractivity contribution in [3.8, 4) is 0 Å². The first kappa shape index (κ1) is 9.86. The summed E-state index contributed by atoms with van der Waals surface area (Å²) in [5.74, 6) is 0. The third kappa shape index (κ3) is 1.92. The Hall–Kier alpha value is -1.22. The highest BCUT2D eigenvalue weighted by molar-refractivity contribution is 5.64. The lowest BCUT2D eigenvalue weighted by molar-refractivity contribution is -0.123. The second-order valence-electron chi connectivity index (χ2n) is 3.39. The Bertz CT molecular complexity index is 332. The molecule has 0 aliphatic rings. The summed E-state index contributed by atoms with van der Waals surface area (Å²) in [6.45, 7) is 5.23. The van der Waals surface area contributed by atoms with Crippen molar-refractivity contribution in [3.05, 3.63) is 29.1 Å². The van der Waals surface area contributed by atoms with Crippen LogP contribution in [0.25, 0.3) is 0 Å². The van der Waals surface area contributed by atoms with Gasteiger partial charge in [-0.15, -0.1) is 0 Å². The van der Waals surface area contributed by atoms with Gasteiger partial charge in [0.15, 0.2) is 6.29 Å². The first-order chi connectivity index (χ1) is 5.97. The highest BCUT2D eigenvalue weighted by atomic mass is 16.3. The van der Waals surface area contributed by atoms with Crippen molar-refractivity contribution in [2.24, 2.45) is 0 Å². The van der Waals surface area contributed by atoms with E-state index in [0.717, 1.165) is 11.3 Å². The molecule has 3 heteroatoms. The quantitative estimate of drug-likeness (QED) is 0.692. The van der Waals surface area contributed by atoms with E-state index in [1.807, 2.05) is 13.8 Å². The van der Waals surface area contributed by atoms with Gasteiger partial charge in [-0.2, -0.15) is 0 Å². The Morgan fingerprint density at radius 3 is 2.62 bits per heavy atom. The second kappa shape index (κ2) is 3.26. The van der Waals surface area contributed by atoms with Crippen molar-refractivity contribution in [2.75, 3.05) is 0 Å². The van der Waals surface area contributed by atoms with Crippen LogP contribution in [-0.4, -0.2) is 16.4 Å². The molecule has 0 amide bonds. The topological polar surface area (TPSA) is 50.2 Å². The van der Waals surface area contributed by atoms with Crippen molar-refractivity contribution in [1.82, 2.24) is 4.98 Å². The number of aldehydes is 1. The molecule has 1 aromatic heterocycles. The molecule has 0 aromatic carbocycles. The maximum absolute atomic E-state index is 10.5. The van der Waals surface area contributed by atoms with E-state index in [4.69, 9.17) is 0 Å². The van der Waals surface area contributed by atoms with E-state index in [1.54, 1.807) is 6.07 Å². The van der Waals surface area contributed by atoms with Crippen molar-refractivity contribution >= 4 is 6.29 Å². The van der Waals surface area contributed by atoms with Crippen LogP contribution in [0.1, 0.15) is 23.7 Å². The third-order valence-electron chi connectivity index (χ3n) is 2.15. The molecule has 0 fully saturated rings. The van der Waals surface area contributed by atoms with Crippen molar-refractivity contribution < 1.29 is 9.90 Å². The van der Waals surface area contributed by atoms with Gasteiger partial charge in [-0.3, -0.25) is 9.78 Å². The number of aliphatic hydroxyl groups is 1. The minimum atomic E-state index is -1.43. The van der Waals surface area contributed by atoms with Gasteiger partial charge in [0.25, 0.3) is 0 Å². The van der Waals surface area contributed by atoms with E-state index in [1.165, 1.54) is 13.1 Å². The molecule has 1 rings (SSSR count). The fraction of sp³-hybridized carbons (Fsp3) is 0.400. The maximum Gasteiger partial charge on any atom is 0.155 e. The summed E-state index contributed by atoms with van der Waals surface area (Å²) in [5.41, 5.74) is 0.988. The van der Waals surface area contributed by atoms with E-state index in [9.17, 15) is 9.90 Å². The van der Waals surface area contributed by atoms with E-state index in [2.05, 4.69) is 4.98 Å². The minimum absolute atomic E-state index is 0.513. The zero-order chi connectivity index (χ0) is 10.1. The molecule has 3 nitrogen and oxygen atoms in total. The van der Waals surface area contributed by atoms with Crippen LogP contribution in [0.3, 0.4) is 0 Å². The summed E-state index contributed by atoms with van der Waals surface area (Å²) in [6.07, 6.45) is 2.04. The van der Waals surface area contributed by atoms with Crippen molar-refractivity contribution in [2.45, 2.75) is 26.4 Å². The zero-order valence-electron chi connectivity index (χ0n) is 8.03. The molecule has 1 N–H and O–H groups in total. The molecule has 1 heterocycles. The van der Waals surface area contributed by atoms with E-state index in [0.29, 0.717) is 11.8 Å². The fourth-order valence-electron chi connectivity index (χ4n) is 0.988. The molecule has 0 aliphatic carbocycles. The number of aryl methyl sites for hydroxylation is 2. The van der Waals surface area contributed by atoms with E-state index < -0.39 is 5.60 Å². The average Bonchev–Trinajstić information content (AvgIpc) is 2.09. The highest BCUT2D eigenvalue weighted by Crippen LogP contribution is 2.18. The van der Waals surface area contributed by atoms with Crippen molar-refractivity contribution in [3.63, 3.8) is 0 Å². The summed E-state index contributed by atoms with van der Waals surface area (Å²) in [5, 5.41) is 9.60. The van der Waals surface area contributed by atoms with Crippen LogP contribution in [0.5, 0.6) is 0 Å². The van der Waals surface area contributed by atoms with Crippen LogP contribution in [0, 0.1) is 13.8 Å². The van der Waals surface area contributed by atoms with Crippen LogP contribution in [0.2, 0.25) is 0 Å². The molecule has 70 valence electrons. The van der Waals surface area contributed by atoms with Crippen LogP contribution in [0.4, 0.5) is 0 Å². The minimum Gasteiger partial charge on any atom is -0.378 e. The normalized spacial score (nSPS) is 15.1. The zero-order valence-corrected chi connectivity index (χ0v) is 8.03. The van der Waals surface area contributed by atoms with Gasteiger partial charge < -0.3 is 5.11 Å². The monoisotopic (exact) mass is 179 g/mol. The summed E-state index contributed by atoms with van der Waals surface area (Å²) < 4.78 is 0. The summed E-state index contributed by atoms with van der Waals surface area (Å²) in [7, 11) is 0. The van der Waals surface area contributed by atoms with Gasteiger partial charge in [0.2, 0.25) is 0 Å². The van der Waals surface area contributed by atoms with Gasteiger partial charge in [-0.25, -0.2) is 0 Å². The Kier molecular flexibility index (Phi) is 2.48. The van der Waals surface area contributed by atoms with Crippen LogP contribution < -0.4 is 0 Å². The number of carbonyl (C=O) groups excluding carboxylic acids is 1. The Labute approximate surface area is 77.4 Å². The molecule has 1 atom stereocenters. The molecular formula is C10H13NO2. The summed E-state index contributed by atoms with van der Waals surface area (Å²) in [6, 6.07) is 1.77. The maximum atomic E-state index is 10.5. The van der Waals surface area contributed by atoms with Gasteiger partial charge in [-0.05, 0) is 32.4 Å². The number of nitrogens with zero attached hydrogens (tertiary/aromatic N) is 1. The lowest BCUT2D eigenvalue weighted by Crippen LogP contribution is -2.23. The fourth-order valence-corrected chi connectivity index (χ4v) is 0.988. The highest BCUT2D eigenvalue weighted by Gasteiger charge is 2.22. The second-order valence-corrected chi connectivity index (χ2v) is 3.39. The molecule has 0 bridgehead atoms. The molecule has 0 spiro atoms. The van der Waals surface area contributed by atoms with Gasteiger partial charge >= 0.3 is 0 Å². The van der Waals surface area contributed by atoms with Gasteiger partial charge in [0.1, 0.15) is 5.60 Å². The molecule has 1 aromatic rings. The number of hydrogen-bond acceptors (Lipinski definition) is 3. The predicted molar refractivity (Wildman–Crippen MR) is 49.3 cm³/mol. The van der Waals surface area contributed by atoms with Crippen LogP contribution in [0.15, 0.2) is 12.3 Å². The van der Waals surface area contributed by atoms with Gasteiger partial charge in [-0.1, -0.05) is 0 Å². The van der Waals surface area contributed by atoms with E-state index >= 15 is 0 Å². The van der Waals surface area contributed by atoms with Crippen molar-refractivity contribution in [1.29, 1.82) is 0 Å². The number of pyridine rings is 1. The average molecular weight is 179 g/mol. The molecule has 0 saturated carbocycles. The summed E-state index contributed by atoms with van der Waals surface area (Å²) >= 11 is 0. The molecule has 13 heavy (non-hydrogen) atoms. The smallest absolute Gasteiger partial charge is 0.155 e. The SMILES string of the molecule is Cc1cc(C(C)(O)C=O)cnc1C. The van der Waals surface area contributed by atoms with Gasteiger partial charge in [0, 0.05) is 17.5 Å². The Balaban J connectivity index is 3.18. The Morgan fingerprint density at radius 2 is 2.15 bits per heavy atom. The van der Waals surface area contributed by atoms with Crippen LogP contribution in [-0.2, 0) is 10.4 Å². The standard InChI is InChI=1S/C10H13NO2/c1-7-4-9(5-11-8(7)2)10(3,13)6-12/h4-6,13H,1-3H3. The third-order valence-corrected chi connectivity index (χ3v) is 2.15. The predicted octanol–water partition coefficient (Wildman–Crippen LogP) is 1.10. The lowest BCUT2D eigenvalue weighted by atomic mass is 9.98. The molecule has 0 saturated heterocycles. The number of rotatable bonds is 2. The summed E-state index contributed by atoms with van der Waals surface area (Å²) in [4.78, 5) is 14.6. The molecular weight excluding hydrogens is 166 g/mol. The first-order valence-corrected chi connectivity index (χ1v) is 4.10. The van der Waals surface area contributed by atoms with E-state index in [-0.39, 0.29) is 0 Å². The molecule has 1 unspecified atom stereocenters. The van der Waals surface area contributed by atoms with Crippen LogP contribution >= 0.6 is 0 Å². The molecule has 0 radical (unpaired) electrons. The Morgan fingerprint density at radius 1 is 1.54 bits per heavy atom. The number of hydrogen-bond donors (Lipinski definition) is 1. The number of aromatic nitrogens is 1. The lowest BCUT2D eigenvalue weighted by Gasteiger charge is -2.16. The first-order valence-electron chi connectivity index (χ1n) is 4.10. The largest absolute Gasteiger partial charge is 0.378 e. The molecule has 0 aliphatic heterocycles. The number of carbonyl (C=O) groups is 1.